The van der Waals surface area contributed by atoms with E-state index in [2.05, 4.69) is 113 Å². The van der Waals surface area contributed by atoms with Crippen LogP contribution in [0.5, 0.6) is 0 Å². The van der Waals surface area contributed by atoms with Gasteiger partial charge in [0, 0.05) is 44.5 Å². The van der Waals surface area contributed by atoms with Crippen molar-refractivity contribution in [2.75, 3.05) is 0 Å². The van der Waals surface area contributed by atoms with Crippen LogP contribution >= 0.6 is 0 Å². The zero-order valence-electron chi connectivity index (χ0n) is 19.3. The van der Waals surface area contributed by atoms with Gasteiger partial charge in [0.2, 0.25) is 0 Å². The zero-order chi connectivity index (χ0) is 23.6. The first-order chi connectivity index (χ1) is 17.8. The lowest BCUT2D eigenvalue weighted by Gasteiger charge is -2.08. The molecule has 0 aliphatic rings. The van der Waals surface area contributed by atoms with Crippen LogP contribution in [-0.4, -0.2) is 19.5 Å². The Labute approximate surface area is 206 Å². The van der Waals surface area contributed by atoms with Crippen LogP contribution in [0.3, 0.4) is 0 Å². The molecule has 36 heavy (non-hydrogen) atoms. The molecule has 8 rings (SSSR count). The van der Waals surface area contributed by atoms with Gasteiger partial charge in [-0.2, -0.15) is 0 Å². The maximum absolute atomic E-state index is 5.12. The number of fused-ring (bicyclic) bond motifs is 8. The fraction of sp³-hybridized carbons (Fsp3) is 0. The molecule has 4 heteroatoms. The molecule has 0 radical (unpaired) electrons. The second kappa shape index (κ2) is 7.27. The normalized spacial score (nSPS) is 11.9. The Morgan fingerprint density at radius 2 is 1.39 bits per heavy atom. The van der Waals surface area contributed by atoms with E-state index in [0.29, 0.717) is 0 Å². The lowest BCUT2D eigenvalue weighted by molar-refractivity contribution is 1.18. The molecule has 0 atom stereocenters. The van der Waals surface area contributed by atoms with E-state index >= 15 is 0 Å². The van der Waals surface area contributed by atoms with Crippen molar-refractivity contribution in [3.63, 3.8) is 0 Å². The van der Waals surface area contributed by atoms with Crippen LogP contribution in [0.15, 0.2) is 115 Å². The minimum atomic E-state index is 0.888. The Morgan fingerprint density at radius 1 is 0.611 bits per heavy atom. The molecular formula is C32H20N4. The summed E-state index contributed by atoms with van der Waals surface area (Å²) in [7, 11) is 0. The van der Waals surface area contributed by atoms with E-state index in [4.69, 9.17) is 9.97 Å². The van der Waals surface area contributed by atoms with Crippen LogP contribution in [0, 0.1) is 0 Å². The Bertz CT molecular complexity index is 2100. The van der Waals surface area contributed by atoms with Crippen molar-refractivity contribution >= 4 is 54.6 Å². The molecule has 4 nitrogen and oxygen atoms in total. The third-order valence-corrected chi connectivity index (χ3v) is 7.17. The molecule has 0 unspecified atom stereocenters. The number of hydrogen-bond donors (Lipinski definition) is 1. The summed E-state index contributed by atoms with van der Waals surface area (Å²) in [6, 6.07) is 38.3. The topological polar surface area (TPSA) is 46.5 Å². The molecule has 0 aliphatic heterocycles. The summed E-state index contributed by atoms with van der Waals surface area (Å²) in [6.45, 7) is 0. The molecular weight excluding hydrogens is 440 g/mol. The Kier molecular flexibility index (Phi) is 3.91. The van der Waals surface area contributed by atoms with Crippen molar-refractivity contribution in [2.24, 2.45) is 0 Å². The Balaban J connectivity index is 1.38. The van der Waals surface area contributed by atoms with Gasteiger partial charge in [0.1, 0.15) is 5.52 Å². The maximum atomic E-state index is 5.12. The van der Waals surface area contributed by atoms with Crippen molar-refractivity contribution in [3.05, 3.63) is 115 Å². The molecule has 0 amide bonds. The number of aromatic nitrogens is 4. The second-order valence-electron chi connectivity index (χ2n) is 9.20. The number of benzene rings is 4. The molecule has 0 fully saturated rings. The van der Waals surface area contributed by atoms with Crippen LogP contribution in [0.1, 0.15) is 0 Å². The van der Waals surface area contributed by atoms with Crippen LogP contribution in [0.4, 0.5) is 0 Å². The minimum Gasteiger partial charge on any atom is -0.353 e. The summed E-state index contributed by atoms with van der Waals surface area (Å²) >= 11 is 0. The van der Waals surface area contributed by atoms with E-state index in [1.807, 2.05) is 12.3 Å². The highest BCUT2D eigenvalue weighted by Gasteiger charge is 2.15. The minimum absolute atomic E-state index is 0.888. The first-order valence-corrected chi connectivity index (χ1v) is 12.1. The molecule has 168 valence electrons. The number of nitrogens with one attached hydrogen (secondary N) is 1. The van der Waals surface area contributed by atoms with E-state index in [1.165, 1.54) is 27.2 Å². The van der Waals surface area contributed by atoms with Gasteiger partial charge in [0.15, 0.2) is 0 Å². The number of aromatic amines is 1. The summed E-state index contributed by atoms with van der Waals surface area (Å²) in [5, 5.41) is 4.72. The van der Waals surface area contributed by atoms with E-state index in [1.54, 1.807) is 0 Å². The molecule has 0 bridgehead atoms. The van der Waals surface area contributed by atoms with E-state index < -0.39 is 0 Å². The molecule has 4 heterocycles. The first-order valence-electron chi connectivity index (χ1n) is 12.1. The van der Waals surface area contributed by atoms with Crippen molar-refractivity contribution in [1.29, 1.82) is 0 Å². The number of rotatable bonds is 2. The monoisotopic (exact) mass is 460 g/mol. The predicted molar refractivity (Wildman–Crippen MR) is 149 cm³/mol. The SMILES string of the molecule is c1ccc(-n2c3ccccc3c3cc(-c4ccc5ncc6c7ccccc7[nH]c6c5n4)ccc32)cc1. The van der Waals surface area contributed by atoms with E-state index in [-0.39, 0.29) is 0 Å². The van der Waals surface area contributed by atoms with E-state index in [0.717, 1.165) is 44.4 Å². The van der Waals surface area contributed by atoms with Gasteiger partial charge >= 0.3 is 0 Å². The summed E-state index contributed by atoms with van der Waals surface area (Å²) in [5.41, 5.74) is 9.49. The number of hydrogen-bond acceptors (Lipinski definition) is 2. The third-order valence-electron chi connectivity index (χ3n) is 7.17. The highest BCUT2D eigenvalue weighted by molar-refractivity contribution is 6.15. The van der Waals surface area contributed by atoms with Crippen LogP contribution in [0.25, 0.3) is 71.6 Å². The molecule has 4 aromatic heterocycles. The van der Waals surface area contributed by atoms with Crippen LogP contribution in [0.2, 0.25) is 0 Å². The quantitative estimate of drug-likeness (QED) is 0.284. The van der Waals surface area contributed by atoms with Crippen LogP contribution < -0.4 is 0 Å². The van der Waals surface area contributed by atoms with Gasteiger partial charge in [-0.15, -0.1) is 0 Å². The number of pyridine rings is 2. The first kappa shape index (κ1) is 19.4. The number of nitrogens with zero attached hydrogens (tertiary/aromatic N) is 3. The number of H-pyrrole nitrogens is 1. The number of para-hydroxylation sites is 3. The Morgan fingerprint density at radius 3 is 2.31 bits per heavy atom. The van der Waals surface area contributed by atoms with Crippen molar-refractivity contribution in [2.45, 2.75) is 0 Å². The molecule has 0 aliphatic carbocycles. The molecule has 8 aromatic rings. The summed E-state index contributed by atoms with van der Waals surface area (Å²) in [4.78, 5) is 13.4. The average molecular weight is 461 g/mol. The summed E-state index contributed by atoms with van der Waals surface area (Å²) in [6.07, 6.45) is 1.95. The van der Waals surface area contributed by atoms with Crippen molar-refractivity contribution in [3.8, 4) is 16.9 Å². The molecule has 0 saturated heterocycles. The predicted octanol–water partition coefficient (Wildman–Crippen LogP) is 8.03. The zero-order valence-corrected chi connectivity index (χ0v) is 19.3. The second-order valence-corrected chi connectivity index (χ2v) is 9.20. The molecule has 0 saturated carbocycles. The van der Waals surface area contributed by atoms with Gasteiger partial charge in [-0.05, 0) is 48.5 Å². The average Bonchev–Trinajstić information content (AvgIpc) is 3.49. The molecule has 4 aromatic carbocycles. The maximum Gasteiger partial charge on any atom is 0.113 e. The third kappa shape index (κ3) is 2.70. The van der Waals surface area contributed by atoms with Gasteiger partial charge in [0.05, 0.1) is 27.8 Å². The van der Waals surface area contributed by atoms with Gasteiger partial charge in [0.25, 0.3) is 0 Å². The molecule has 0 spiro atoms. The smallest absolute Gasteiger partial charge is 0.113 e. The van der Waals surface area contributed by atoms with Gasteiger partial charge < -0.3 is 9.55 Å². The Hall–Kier alpha value is -4.96. The lowest BCUT2D eigenvalue weighted by Crippen LogP contribution is -1.93. The van der Waals surface area contributed by atoms with E-state index in [9.17, 15) is 0 Å². The van der Waals surface area contributed by atoms with Crippen molar-refractivity contribution < 1.29 is 0 Å². The fourth-order valence-electron chi connectivity index (χ4n) is 5.51. The van der Waals surface area contributed by atoms with Gasteiger partial charge in [-0.3, -0.25) is 4.98 Å². The largest absolute Gasteiger partial charge is 0.353 e. The van der Waals surface area contributed by atoms with Crippen molar-refractivity contribution in [1.82, 2.24) is 19.5 Å². The lowest BCUT2D eigenvalue weighted by atomic mass is 10.1. The standard InChI is InChI=1S/C32H20N4/c1-2-8-21(9-3-1)36-29-13-7-5-11-23(29)24-18-20(14-17-30(24)36)26-15-16-28-32(34-26)31-25(19-33-28)22-10-4-6-12-27(22)35-31/h1-19,35H. The summed E-state index contributed by atoms with van der Waals surface area (Å²) < 4.78 is 2.33. The molecule has 1 N–H and O–H groups in total. The van der Waals surface area contributed by atoms with Gasteiger partial charge in [-0.25, -0.2) is 4.98 Å². The summed E-state index contributed by atoms with van der Waals surface area (Å²) in [5.74, 6) is 0. The highest BCUT2D eigenvalue weighted by atomic mass is 15.0. The van der Waals surface area contributed by atoms with Gasteiger partial charge in [-0.1, -0.05) is 60.7 Å². The van der Waals surface area contributed by atoms with Crippen LogP contribution in [-0.2, 0) is 0 Å². The highest BCUT2D eigenvalue weighted by Crippen LogP contribution is 2.35. The fourth-order valence-corrected chi connectivity index (χ4v) is 5.51.